The van der Waals surface area contributed by atoms with Crippen LogP contribution < -0.4 is 14.8 Å². The van der Waals surface area contributed by atoms with Crippen LogP contribution in [0.1, 0.15) is 12.5 Å². The molecule has 1 N–H and O–H groups in total. The van der Waals surface area contributed by atoms with E-state index in [-0.39, 0.29) is 6.03 Å². The number of nitrogens with zero attached hydrogens (tertiary/aromatic N) is 3. The van der Waals surface area contributed by atoms with Crippen LogP contribution in [0.2, 0.25) is 0 Å². The predicted molar refractivity (Wildman–Crippen MR) is 129 cm³/mol. The van der Waals surface area contributed by atoms with Crippen molar-refractivity contribution in [1.82, 2.24) is 9.80 Å². The summed E-state index contributed by atoms with van der Waals surface area (Å²) < 4.78 is 11.8. The van der Waals surface area contributed by atoms with Gasteiger partial charge < -0.3 is 24.6 Å². The fourth-order valence-electron chi connectivity index (χ4n) is 4.08. The molecule has 0 bridgehead atoms. The first-order valence-corrected chi connectivity index (χ1v) is 11.2. The zero-order valence-corrected chi connectivity index (χ0v) is 18.5. The molecule has 0 aliphatic carbocycles. The maximum atomic E-state index is 12.9. The normalized spacial score (nSPS) is 14.9. The highest BCUT2D eigenvalue weighted by molar-refractivity contribution is 6.04. The van der Waals surface area contributed by atoms with Crippen LogP contribution in [-0.2, 0) is 0 Å². The number of para-hydroxylation sites is 5. The number of hydrogen-bond donors (Lipinski definition) is 1. The average molecular weight is 443 g/mol. The lowest BCUT2D eigenvalue weighted by Gasteiger charge is -2.36. The van der Waals surface area contributed by atoms with Crippen LogP contribution in [0.5, 0.6) is 17.2 Å². The van der Waals surface area contributed by atoms with Crippen molar-refractivity contribution in [3.63, 3.8) is 0 Å². The number of benzene rings is 3. The molecule has 1 fully saturated rings. The van der Waals surface area contributed by atoms with Crippen molar-refractivity contribution in [2.45, 2.75) is 6.92 Å². The molecule has 1 saturated heterocycles. The highest BCUT2D eigenvalue weighted by Gasteiger charge is 2.27. The molecule has 168 valence electrons. The third-order valence-electron chi connectivity index (χ3n) is 5.73. The number of ether oxygens (including phenoxy) is 2. The Morgan fingerprint density at radius 2 is 1.64 bits per heavy atom. The molecule has 0 atom stereocenters. The Labute approximate surface area is 193 Å². The van der Waals surface area contributed by atoms with Crippen LogP contribution in [0.3, 0.4) is 0 Å². The number of anilines is 1. The first kappa shape index (κ1) is 20.9. The second-order valence-electron chi connectivity index (χ2n) is 7.83. The Hall–Kier alpha value is -4.00. The van der Waals surface area contributed by atoms with Gasteiger partial charge in [-0.25, -0.2) is 9.79 Å². The number of carbonyl (C=O) groups excluding carboxylic acids is 1. The van der Waals surface area contributed by atoms with Crippen LogP contribution in [0.15, 0.2) is 77.8 Å². The van der Waals surface area contributed by atoms with Gasteiger partial charge in [0.05, 0.1) is 17.9 Å². The largest absolute Gasteiger partial charge is 0.492 e. The molecule has 2 aliphatic heterocycles. The number of amidine groups is 1. The van der Waals surface area contributed by atoms with E-state index < -0.39 is 0 Å². The average Bonchev–Trinajstić information content (AvgIpc) is 3.02. The van der Waals surface area contributed by atoms with E-state index in [1.807, 2.05) is 84.6 Å². The van der Waals surface area contributed by atoms with Crippen molar-refractivity contribution in [2.24, 2.45) is 4.99 Å². The summed E-state index contributed by atoms with van der Waals surface area (Å²) in [5, 5.41) is 2.99. The van der Waals surface area contributed by atoms with Crippen LogP contribution in [-0.4, -0.2) is 54.5 Å². The maximum absolute atomic E-state index is 12.9. The number of fused-ring (bicyclic) bond motifs is 2. The summed E-state index contributed by atoms with van der Waals surface area (Å²) in [6.45, 7) is 5.00. The second-order valence-corrected chi connectivity index (χ2v) is 7.83. The molecule has 0 radical (unpaired) electrons. The van der Waals surface area contributed by atoms with Crippen molar-refractivity contribution in [1.29, 1.82) is 0 Å². The lowest BCUT2D eigenvalue weighted by atomic mass is 10.1. The quantitative estimate of drug-likeness (QED) is 0.612. The Morgan fingerprint density at radius 3 is 2.45 bits per heavy atom. The van der Waals surface area contributed by atoms with Crippen molar-refractivity contribution >= 4 is 23.2 Å². The molecule has 0 unspecified atom stereocenters. The van der Waals surface area contributed by atoms with Crippen molar-refractivity contribution in [2.75, 3.05) is 38.1 Å². The maximum Gasteiger partial charge on any atom is 0.322 e. The Bertz CT molecular complexity index is 1190. The number of hydrogen-bond acceptors (Lipinski definition) is 5. The lowest BCUT2D eigenvalue weighted by Crippen LogP contribution is -2.51. The predicted octanol–water partition coefficient (Wildman–Crippen LogP) is 5.12. The lowest BCUT2D eigenvalue weighted by molar-refractivity contribution is 0.181. The molecular formula is C26H26N4O3. The van der Waals surface area contributed by atoms with Gasteiger partial charge in [0.25, 0.3) is 0 Å². The zero-order valence-electron chi connectivity index (χ0n) is 18.5. The molecule has 7 heteroatoms. The van der Waals surface area contributed by atoms with Crippen molar-refractivity contribution < 1.29 is 14.3 Å². The Morgan fingerprint density at radius 1 is 0.939 bits per heavy atom. The number of carbonyl (C=O) groups is 1. The SMILES string of the molecule is CCOc1ccccc1NC(=O)N1CCN(C2=Nc3ccccc3Oc3ccccc32)CC1. The number of nitrogens with one attached hydrogen (secondary N) is 1. The molecular weight excluding hydrogens is 416 g/mol. The number of urea groups is 1. The molecule has 2 aliphatic rings. The minimum Gasteiger partial charge on any atom is -0.492 e. The number of piperazine rings is 1. The summed E-state index contributed by atoms with van der Waals surface area (Å²) in [6.07, 6.45) is 0. The van der Waals surface area contributed by atoms with E-state index in [1.165, 1.54) is 0 Å². The number of amides is 2. The van der Waals surface area contributed by atoms with Crippen LogP contribution in [0.4, 0.5) is 16.2 Å². The Kier molecular flexibility index (Phi) is 5.85. The standard InChI is InChI=1S/C26H26N4O3/c1-2-32-23-13-7-4-10-20(23)28-26(31)30-17-15-29(16-18-30)25-19-9-3-6-12-22(19)33-24-14-8-5-11-21(24)27-25/h3-14H,2,15-18H2,1H3,(H,28,31). The van der Waals surface area contributed by atoms with Crippen molar-refractivity contribution in [3.05, 3.63) is 78.4 Å². The first-order chi connectivity index (χ1) is 16.2. The van der Waals surface area contributed by atoms with E-state index in [1.54, 1.807) is 0 Å². The topological polar surface area (TPSA) is 66.4 Å². The van der Waals surface area contributed by atoms with E-state index in [2.05, 4.69) is 10.2 Å². The van der Waals surface area contributed by atoms with Crippen LogP contribution in [0.25, 0.3) is 0 Å². The van der Waals surface area contributed by atoms with E-state index in [4.69, 9.17) is 14.5 Å². The molecule has 2 heterocycles. The molecule has 3 aromatic carbocycles. The fourth-order valence-corrected chi connectivity index (χ4v) is 4.08. The molecule has 5 rings (SSSR count). The molecule has 2 amide bonds. The molecule has 7 nitrogen and oxygen atoms in total. The molecule has 3 aromatic rings. The van der Waals surface area contributed by atoms with E-state index in [9.17, 15) is 4.79 Å². The van der Waals surface area contributed by atoms with E-state index in [0.717, 1.165) is 28.6 Å². The first-order valence-electron chi connectivity index (χ1n) is 11.2. The van der Waals surface area contributed by atoms with Gasteiger partial charge in [-0.2, -0.15) is 0 Å². The summed E-state index contributed by atoms with van der Waals surface area (Å²) in [4.78, 5) is 21.9. The van der Waals surface area contributed by atoms with Crippen molar-refractivity contribution in [3.8, 4) is 17.2 Å². The molecule has 0 aromatic heterocycles. The smallest absolute Gasteiger partial charge is 0.322 e. The molecule has 33 heavy (non-hydrogen) atoms. The summed E-state index contributed by atoms with van der Waals surface area (Å²) in [7, 11) is 0. The summed E-state index contributed by atoms with van der Waals surface area (Å²) in [6, 6.07) is 23.1. The highest BCUT2D eigenvalue weighted by atomic mass is 16.5. The van der Waals surface area contributed by atoms with E-state index >= 15 is 0 Å². The summed E-state index contributed by atoms with van der Waals surface area (Å²) in [5.41, 5.74) is 2.44. The zero-order chi connectivity index (χ0) is 22.6. The third kappa shape index (κ3) is 4.35. The van der Waals surface area contributed by atoms with Gasteiger partial charge in [0.1, 0.15) is 23.0 Å². The van der Waals surface area contributed by atoms with Gasteiger partial charge in [0, 0.05) is 26.2 Å². The second kappa shape index (κ2) is 9.24. The van der Waals surface area contributed by atoms with Crippen LogP contribution in [0, 0.1) is 0 Å². The summed E-state index contributed by atoms with van der Waals surface area (Å²) in [5.74, 6) is 3.08. The van der Waals surface area contributed by atoms with Crippen LogP contribution >= 0.6 is 0 Å². The summed E-state index contributed by atoms with van der Waals surface area (Å²) >= 11 is 0. The highest BCUT2D eigenvalue weighted by Crippen LogP contribution is 2.38. The molecule has 0 saturated carbocycles. The third-order valence-corrected chi connectivity index (χ3v) is 5.73. The van der Waals surface area contributed by atoms with E-state index in [0.29, 0.717) is 44.2 Å². The van der Waals surface area contributed by atoms with Gasteiger partial charge in [-0.05, 0) is 43.3 Å². The van der Waals surface area contributed by atoms with Gasteiger partial charge in [0.2, 0.25) is 0 Å². The van der Waals surface area contributed by atoms with Gasteiger partial charge >= 0.3 is 6.03 Å². The fraction of sp³-hybridized carbons (Fsp3) is 0.231. The monoisotopic (exact) mass is 442 g/mol. The Balaban J connectivity index is 1.32. The van der Waals surface area contributed by atoms with Gasteiger partial charge in [-0.3, -0.25) is 0 Å². The number of aliphatic imine (C=N–C) groups is 1. The van der Waals surface area contributed by atoms with Gasteiger partial charge in [-0.15, -0.1) is 0 Å². The number of rotatable bonds is 3. The molecule has 0 spiro atoms. The van der Waals surface area contributed by atoms with Gasteiger partial charge in [0.15, 0.2) is 5.75 Å². The van der Waals surface area contributed by atoms with Gasteiger partial charge in [-0.1, -0.05) is 36.4 Å². The minimum atomic E-state index is -0.126. The minimum absolute atomic E-state index is 0.126.